The molecule has 1 saturated carbocycles. The molecule has 0 aromatic heterocycles. The Labute approximate surface area is 189 Å². The summed E-state index contributed by atoms with van der Waals surface area (Å²) in [7, 11) is -1.91. The maximum Gasteiger partial charge on any atom is 0.303 e. The summed E-state index contributed by atoms with van der Waals surface area (Å²) < 4.78 is 18.7. The molecule has 0 spiro atoms. The second-order valence-electron chi connectivity index (χ2n) is 10.7. The van der Waals surface area contributed by atoms with Gasteiger partial charge < -0.3 is 24.1 Å². The molecule has 2 N–H and O–H groups in total. The molecule has 2 aliphatic rings. The normalized spacial score (nSPS) is 30.2. The van der Waals surface area contributed by atoms with Crippen LogP contribution in [0.2, 0.25) is 18.1 Å². The quantitative estimate of drug-likeness (QED) is 0.255. The lowest BCUT2D eigenvalue weighted by atomic mass is 9.91. The molecule has 1 heterocycles. The van der Waals surface area contributed by atoms with Crippen molar-refractivity contribution in [3.05, 3.63) is 12.2 Å². The number of aliphatic hydroxyl groups excluding tert-OH is 1. The Kier molecular flexibility index (Phi) is 10.2. The van der Waals surface area contributed by atoms with E-state index in [2.05, 4.69) is 39.9 Å². The van der Waals surface area contributed by atoms with Crippen molar-refractivity contribution in [2.24, 2.45) is 11.8 Å². The van der Waals surface area contributed by atoms with Crippen molar-refractivity contribution in [3.8, 4) is 0 Å². The molecule has 0 aromatic rings. The highest BCUT2D eigenvalue weighted by molar-refractivity contribution is 6.74. The van der Waals surface area contributed by atoms with Gasteiger partial charge in [-0.05, 0) is 62.6 Å². The molecule has 0 radical (unpaired) electrons. The summed E-state index contributed by atoms with van der Waals surface area (Å²) >= 11 is 0. The van der Waals surface area contributed by atoms with Crippen LogP contribution in [0.4, 0.5) is 0 Å². The van der Waals surface area contributed by atoms with Crippen LogP contribution in [0.1, 0.15) is 72.1 Å². The molecule has 0 aromatic carbocycles. The monoisotopic (exact) mass is 456 g/mol. The standard InChI is InChI=1S/C24H44O6Si/c1-24(2,3)31(4,5)29-17-19-18(12-8-6-7-9-13-22(26)27)20(25)16-21(19)30-23-14-10-11-15-28-23/h6,8,18-21,23,25H,7,9-17H2,1-5H3,(H,26,27)/b8-6-/t18-,19-,20?,21-,23?/m1/s1. The zero-order valence-corrected chi connectivity index (χ0v) is 21.1. The predicted molar refractivity (Wildman–Crippen MR) is 124 cm³/mol. The van der Waals surface area contributed by atoms with Gasteiger partial charge in [-0.1, -0.05) is 32.9 Å². The van der Waals surface area contributed by atoms with Crippen LogP contribution in [-0.4, -0.2) is 56.2 Å². The summed E-state index contributed by atoms with van der Waals surface area (Å²) in [6.07, 6.45) is 9.53. The van der Waals surface area contributed by atoms with Gasteiger partial charge in [0.15, 0.2) is 14.6 Å². The largest absolute Gasteiger partial charge is 0.481 e. The Hall–Kier alpha value is -0.733. The molecule has 2 unspecified atom stereocenters. The SMILES string of the molecule is CC(C)(C)[Si](C)(C)OC[C@H]1[C@H](OC2CCCCO2)CC(O)[C@@H]1C/C=C\CCCC(=O)O. The van der Waals surface area contributed by atoms with E-state index in [1.807, 2.05) is 6.08 Å². The van der Waals surface area contributed by atoms with Gasteiger partial charge in [0.1, 0.15) is 0 Å². The van der Waals surface area contributed by atoms with Crippen molar-refractivity contribution in [3.63, 3.8) is 0 Å². The number of aliphatic carboxylic acids is 1. The molecule has 2 rings (SSSR count). The smallest absolute Gasteiger partial charge is 0.303 e. The van der Waals surface area contributed by atoms with Crippen molar-refractivity contribution in [2.45, 2.75) is 109 Å². The third kappa shape index (κ3) is 8.28. The van der Waals surface area contributed by atoms with Crippen molar-refractivity contribution < 1.29 is 28.9 Å². The Morgan fingerprint density at radius 3 is 2.55 bits per heavy atom. The number of carbonyl (C=O) groups is 1. The molecule has 0 bridgehead atoms. The van der Waals surface area contributed by atoms with Crippen molar-refractivity contribution in [1.29, 1.82) is 0 Å². The summed E-state index contributed by atoms with van der Waals surface area (Å²) in [6.45, 7) is 12.6. The Bertz CT molecular complexity index is 579. The van der Waals surface area contributed by atoms with Crippen LogP contribution in [0, 0.1) is 11.8 Å². The zero-order valence-electron chi connectivity index (χ0n) is 20.1. The Morgan fingerprint density at radius 2 is 1.94 bits per heavy atom. The van der Waals surface area contributed by atoms with Crippen LogP contribution >= 0.6 is 0 Å². The van der Waals surface area contributed by atoms with E-state index in [4.69, 9.17) is 19.0 Å². The fourth-order valence-electron chi connectivity index (χ4n) is 4.14. The van der Waals surface area contributed by atoms with E-state index < -0.39 is 20.4 Å². The van der Waals surface area contributed by atoms with Crippen molar-refractivity contribution >= 4 is 14.3 Å². The Balaban J connectivity index is 2.01. The molecule has 5 atom stereocenters. The van der Waals surface area contributed by atoms with Gasteiger partial charge in [0.05, 0.1) is 12.2 Å². The minimum Gasteiger partial charge on any atom is -0.481 e. The maximum atomic E-state index is 10.8. The molecule has 6 nitrogen and oxygen atoms in total. The van der Waals surface area contributed by atoms with Gasteiger partial charge in [-0.25, -0.2) is 0 Å². The molecule has 1 aliphatic carbocycles. The van der Waals surface area contributed by atoms with Crippen LogP contribution in [-0.2, 0) is 18.7 Å². The Morgan fingerprint density at radius 1 is 1.19 bits per heavy atom. The average Bonchev–Trinajstić information content (AvgIpc) is 2.97. The number of aliphatic hydroxyl groups is 1. The molecule has 1 saturated heterocycles. The van der Waals surface area contributed by atoms with E-state index in [1.54, 1.807) is 0 Å². The first-order valence-electron chi connectivity index (χ1n) is 12.0. The van der Waals surface area contributed by atoms with Crippen LogP contribution in [0.3, 0.4) is 0 Å². The molecule has 31 heavy (non-hydrogen) atoms. The molecule has 1 aliphatic heterocycles. The number of carboxylic acid groups (broad SMARTS) is 1. The minimum absolute atomic E-state index is 0.0618. The predicted octanol–water partition coefficient (Wildman–Crippen LogP) is 5.12. The molecule has 7 heteroatoms. The maximum absolute atomic E-state index is 10.8. The van der Waals surface area contributed by atoms with Crippen molar-refractivity contribution in [2.75, 3.05) is 13.2 Å². The highest BCUT2D eigenvalue weighted by Gasteiger charge is 2.46. The second-order valence-corrected chi connectivity index (χ2v) is 15.5. The summed E-state index contributed by atoms with van der Waals surface area (Å²) in [5, 5.41) is 19.7. The first kappa shape index (κ1) is 26.5. The van der Waals surface area contributed by atoms with Crippen LogP contribution < -0.4 is 0 Å². The lowest BCUT2D eigenvalue weighted by Crippen LogP contribution is -2.44. The summed E-state index contributed by atoms with van der Waals surface area (Å²) in [4.78, 5) is 10.7. The molecule has 0 amide bonds. The molecular formula is C24H44O6Si. The number of allylic oxidation sites excluding steroid dienone is 2. The number of unbranched alkanes of at least 4 members (excludes halogenated alkanes) is 1. The lowest BCUT2D eigenvalue weighted by molar-refractivity contribution is -0.197. The number of rotatable bonds is 11. The topological polar surface area (TPSA) is 85.2 Å². The second kappa shape index (κ2) is 11.9. The van der Waals surface area contributed by atoms with Crippen LogP contribution in [0.25, 0.3) is 0 Å². The van der Waals surface area contributed by atoms with E-state index >= 15 is 0 Å². The third-order valence-corrected chi connectivity index (χ3v) is 11.7. The van der Waals surface area contributed by atoms with Gasteiger partial charge in [0.2, 0.25) is 0 Å². The van der Waals surface area contributed by atoms with Gasteiger partial charge in [0, 0.05) is 32.0 Å². The van der Waals surface area contributed by atoms with Gasteiger partial charge in [0.25, 0.3) is 0 Å². The van der Waals surface area contributed by atoms with Gasteiger partial charge in [-0.15, -0.1) is 0 Å². The molecular weight excluding hydrogens is 412 g/mol. The fraction of sp³-hybridized carbons (Fsp3) is 0.875. The van der Waals surface area contributed by atoms with Crippen LogP contribution in [0.5, 0.6) is 0 Å². The van der Waals surface area contributed by atoms with E-state index in [9.17, 15) is 9.90 Å². The average molecular weight is 457 g/mol. The van der Waals surface area contributed by atoms with Gasteiger partial charge in [-0.3, -0.25) is 4.79 Å². The van der Waals surface area contributed by atoms with E-state index in [0.717, 1.165) is 38.7 Å². The van der Waals surface area contributed by atoms with Crippen molar-refractivity contribution in [1.82, 2.24) is 0 Å². The summed E-state index contributed by atoms with van der Waals surface area (Å²) in [6, 6.07) is 0. The number of carboxylic acids is 1. The molecule has 180 valence electrons. The highest BCUT2D eigenvalue weighted by atomic mass is 28.4. The van der Waals surface area contributed by atoms with E-state index in [-0.39, 0.29) is 35.7 Å². The lowest BCUT2D eigenvalue weighted by Gasteiger charge is -2.38. The highest BCUT2D eigenvalue weighted by Crippen LogP contribution is 2.42. The fourth-order valence-corrected chi connectivity index (χ4v) is 5.19. The van der Waals surface area contributed by atoms with Gasteiger partial charge >= 0.3 is 5.97 Å². The van der Waals surface area contributed by atoms with Crippen LogP contribution in [0.15, 0.2) is 12.2 Å². The first-order chi connectivity index (χ1) is 14.5. The summed E-state index contributed by atoms with van der Waals surface area (Å²) in [5.74, 6) is -0.556. The number of ether oxygens (including phenoxy) is 2. The number of hydrogen-bond donors (Lipinski definition) is 2. The summed E-state index contributed by atoms with van der Waals surface area (Å²) in [5.41, 5.74) is 0. The minimum atomic E-state index is -1.91. The van der Waals surface area contributed by atoms with E-state index in [1.165, 1.54) is 0 Å². The molecule has 2 fully saturated rings. The van der Waals surface area contributed by atoms with Gasteiger partial charge in [-0.2, -0.15) is 0 Å². The third-order valence-electron chi connectivity index (χ3n) is 7.24. The number of hydrogen-bond acceptors (Lipinski definition) is 5. The first-order valence-corrected chi connectivity index (χ1v) is 14.9. The van der Waals surface area contributed by atoms with E-state index in [0.29, 0.717) is 19.4 Å². The zero-order chi connectivity index (χ0) is 23.1.